The third kappa shape index (κ3) is 2.59. The van der Waals surface area contributed by atoms with Gasteiger partial charge in [0.25, 0.3) is 0 Å². The smallest absolute Gasteiger partial charge is 0.122 e. The van der Waals surface area contributed by atoms with Crippen molar-refractivity contribution in [3.63, 3.8) is 0 Å². The first-order chi connectivity index (χ1) is 9.66. The Balaban J connectivity index is 1.98. The summed E-state index contributed by atoms with van der Waals surface area (Å²) in [6.45, 7) is 2.90. The molecule has 0 bridgehead atoms. The molecule has 0 aromatic heterocycles. The summed E-state index contributed by atoms with van der Waals surface area (Å²) in [7, 11) is 0. The maximum absolute atomic E-state index is 6.68. The van der Waals surface area contributed by atoms with Crippen molar-refractivity contribution in [1.82, 2.24) is 0 Å². The van der Waals surface area contributed by atoms with E-state index in [1.807, 2.05) is 12.1 Å². The van der Waals surface area contributed by atoms with E-state index in [4.69, 9.17) is 16.3 Å². The van der Waals surface area contributed by atoms with Gasteiger partial charge in [-0.2, -0.15) is 0 Å². The normalized spacial score (nSPS) is 15.3. The highest BCUT2D eigenvalue weighted by Gasteiger charge is 2.18. The van der Waals surface area contributed by atoms with Crippen LogP contribution in [0.3, 0.4) is 0 Å². The zero-order chi connectivity index (χ0) is 14.1. The lowest BCUT2D eigenvalue weighted by Crippen LogP contribution is -2.09. The number of alkyl halides is 1. The number of fused-ring (bicyclic) bond motifs is 1. The van der Waals surface area contributed by atoms with E-state index in [9.17, 15) is 0 Å². The number of ether oxygens (including phenoxy) is 1. The van der Waals surface area contributed by atoms with E-state index in [1.54, 1.807) is 0 Å². The first-order valence-corrected chi connectivity index (χ1v) is 8.04. The molecule has 0 radical (unpaired) electrons. The van der Waals surface area contributed by atoms with Crippen LogP contribution in [0.15, 0.2) is 40.9 Å². The Bertz CT molecular complexity index is 639. The van der Waals surface area contributed by atoms with Gasteiger partial charge in [-0.1, -0.05) is 46.3 Å². The molecule has 3 heteroatoms. The van der Waals surface area contributed by atoms with Gasteiger partial charge in [0.2, 0.25) is 0 Å². The molecule has 1 aliphatic heterocycles. The fraction of sp³-hybridized carbons (Fsp3) is 0.294. The molecular formula is C17H16BrClO. The summed E-state index contributed by atoms with van der Waals surface area (Å²) in [6.07, 6.45) is 2.15. The van der Waals surface area contributed by atoms with E-state index < -0.39 is 0 Å². The minimum Gasteiger partial charge on any atom is -0.493 e. The van der Waals surface area contributed by atoms with Crippen LogP contribution in [0.5, 0.6) is 5.75 Å². The molecule has 20 heavy (non-hydrogen) atoms. The van der Waals surface area contributed by atoms with Crippen molar-refractivity contribution in [2.75, 3.05) is 6.61 Å². The fourth-order valence-corrected chi connectivity index (χ4v) is 3.53. The predicted molar refractivity (Wildman–Crippen MR) is 86.8 cm³/mol. The van der Waals surface area contributed by atoms with Crippen molar-refractivity contribution >= 4 is 27.5 Å². The topological polar surface area (TPSA) is 9.23 Å². The van der Waals surface area contributed by atoms with Crippen molar-refractivity contribution in [2.24, 2.45) is 0 Å². The van der Waals surface area contributed by atoms with Crippen LogP contribution < -0.4 is 4.74 Å². The standard InChI is InChI=1S/C17H16BrClO/c1-11-4-2-6-14(16(11)18)17(19)13-7-8-15-12(10-13)5-3-9-20-15/h2,4,6-8,10,17H,3,5,9H2,1H3. The summed E-state index contributed by atoms with van der Waals surface area (Å²) in [5.74, 6) is 1.01. The van der Waals surface area contributed by atoms with Gasteiger partial charge in [0.15, 0.2) is 0 Å². The van der Waals surface area contributed by atoms with Crippen LogP contribution in [0.4, 0.5) is 0 Å². The summed E-state index contributed by atoms with van der Waals surface area (Å²) in [5, 5.41) is -0.142. The number of aryl methyl sites for hydroxylation is 2. The summed E-state index contributed by atoms with van der Waals surface area (Å²) < 4.78 is 6.75. The first kappa shape index (κ1) is 14.0. The molecule has 0 saturated heterocycles. The number of hydrogen-bond donors (Lipinski definition) is 0. The largest absolute Gasteiger partial charge is 0.493 e. The molecule has 2 aromatic rings. The summed E-state index contributed by atoms with van der Waals surface area (Å²) in [6, 6.07) is 12.5. The molecule has 104 valence electrons. The van der Waals surface area contributed by atoms with Crippen LogP contribution in [0, 0.1) is 6.92 Å². The molecule has 3 rings (SSSR count). The van der Waals surface area contributed by atoms with E-state index in [0.717, 1.165) is 40.8 Å². The van der Waals surface area contributed by atoms with Gasteiger partial charge in [-0.15, -0.1) is 11.6 Å². The van der Waals surface area contributed by atoms with Crippen molar-refractivity contribution < 1.29 is 4.74 Å². The maximum atomic E-state index is 6.68. The van der Waals surface area contributed by atoms with Crippen LogP contribution in [-0.2, 0) is 6.42 Å². The molecule has 1 unspecified atom stereocenters. The van der Waals surface area contributed by atoms with Crippen LogP contribution in [0.25, 0.3) is 0 Å². The van der Waals surface area contributed by atoms with E-state index >= 15 is 0 Å². The Labute approximate surface area is 133 Å². The quantitative estimate of drug-likeness (QED) is 0.657. The van der Waals surface area contributed by atoms with Crippen molar-refractivity contribution in [3.05, 3.63) is 63.1 Å². The molecular weight excluding hydrogens is 336 g/mol. The van der Waals surface area contributed by atoms with Crippen LogP contribution >= 0.6 is 27.5 Å². The highest BCUT2D eigenvalue weighted by Crippen LogP contribution is 2.37. The second kappa shape index (κ2) is 5.79. The number of rotatable bonds is 2. The molecule has 1 nitrogen and oxygen atoms in total. The highest BCUT2D eigenvalue weighted by atomic mass is 79.9. The fourth-order valence-electron chi connectivity index (χ4n) is 2.58. The van der Waals surface area contributed by atoms with Gasteiger partial charge in [-0.25, -0.2) is 0 Å². The SMILES string of the molecule is Cc1cccc(C(Cl)c2ccc3c(c2)CCCO3)c1Br. The van der Waals surface area contributed by atoms with E-state index in [0.29, 0.717) is 0 Å². The van der Waals surface area contributed by atoms with E-state index in [2.05, 4.69) is 47.1 Å². The molecule has 2 aromatic carbocycles. The van der Waals surface area contributed by atoms with Crippen LogP contribution in [0.1, 0.15) is 34.1 Å². The third-order valence-electron chi connectivity index (χ3n) is 3.72. The molecule has 1 atom stereocenters. The number of hydrogen-bond acceptors (Lipinski definition) is 1. The lowest BCUT2D eigenvalue weighted by molar-refractivity contribution is 0.288. The third-order valence-corrected chi connectivity index (χ3v) is 5.29. The Morgan fingerprint density at radius 3 is 2.95 bits per heavy atom. The molecule has 0 spiro atoms. The molecule has 1 aliphatic rings. The monoisotopic (exact) mass is 350 g/mol. The Hall–Kier alpha value is -0.990. The minimum absolute atomic E-state index is 0.142. The maximum Gasteiger partial charge on any atom is 0.122 e. The van der Waals surface area contributed by atoms with E-state index in [1.165, 1.54) is 11.1 Å². The molecule has 0 amide bonds. The van der Waals surface area contributed by atoms with Crippen LogP contribution in [0.2, 0.25) is 0 Å². The summed E-state index contributed by atoms with van der Waals surface area (Å²) >= 11 is 10.3. The number of benzene rings is 2. The van der Waals surface area contributed by atoms with Gasteiger partial charge in [0.1, 0.15) is 5.75 Å². The van der Waals surface area contributed by atoms with Crippen molar-refractivity contribution in [1.29, 1.82) is 0 Å². The van der Waals surface area contributed by atoms with Gasteiger partial charge in [0.05, 0.1) is 12.0 Å². The Morgan fingerprint density at radius 2 is 2.10 bits per heavy atom. The minimum atomic E-state index is -0.142. The average molecular weight is 352 g/mol. The van der Waals surface area contributed by atoms with Gasteiger partial charge >= 0.3 is 0 Å². The van der Waals surface area contributed by atoms with Crippen molar-refractivity contribution in [2.45, 2.75) is 25.1 Å². The average Bonchev–Trinajstić information content (AvgIpc) is 2.49. The van der Waals surface area contributed by atoms with E-state index in [-0.39, 0.29) is 5.38 Å². The predicted octanol–water partition coefficient (Wildman–Crippen LogP) is 5.41. The van der Waals surface area contributed by atoms with Gasteiger partial charge in [0, 0.05) is 4.47 Å². The second-order valence-electron chi connectivity index (χ2n) is 5.16. The van der Waals surface area contributed by atoms with Gasteiger partial charge < -0.3 is 4.74 Å². The number of halogens is 2. The van der Waals surface area contributed by atoms with Crippen LogP contribution in [-0.4, -0.2) is 6.61 Å². The Kier molecular flexibility index (Phi) is 4.04. The molecule has 0 fully saturated rings. The van der Waals surface area contributed by atoms with Gasteiger partial charge in [-0.3, -0.25) is 0 Å². The molecule has 0 aliphatic carbocycles. The molecule has 1 heterocycles. The second-order valence-corrected chi connectivity index (χ2v) is 6.39. The lowest BCUT2D eigenvalue weighted by atomic mass is 9.98. The highest BCUT2D eigenvalue weighted by molar-refractivity contribution is 9.10. The zero-order valence-electron chi connectivity index (χ0n) is 11.3. The van der Waals surface area contributed by atoms with Crippen molar-refractivity contribution in [3.8, 4) is 5.75 Å². The van der Waals surface area contributed by atoms with Gasteiger partial charge in [-0.05, 0) is 48.1 Å². The first-order valence-electron chi connectivity index (χ1n) is 6.81. The zero-order valence-corrected chi connectivity index (χ0v) is 13.7. The summed E-state index contributed by atoms with van der Waals surface area (Å²) in [4.78, 5) is 0. The lowest BCUT2D eigenvalue weighted by Gasteiger charge is -2.20. The summed E-state index contributed by atoms with van der Waals surface area (Å²) in [5.41, 5.74) is 4.71. The molecule has 0 N–H and O–H groups in total. The molecule has 0 saturated carbocycles. The Morgan fingerprint density at radius 1 is 1.25 bits per heavy atom.